The van der Waals surface area contributed by atoms with Crippen LogP contribution in [0.3, 0.4) is 0 Å². The Kier molecular flexibility index (Phi) is 5.88. The van der Waals surface area contributed by atoms with Crippen molar-refractivity contribution < 1.29 is 4.39 Å². The van der Waals surface area contributed by atoms with E-state index in [-0.39, 0.29) is 28.8 Å². The van der Waals surface area contributed by atoms with Crippen LogP contribution in [0.2, 0.25) is 0 Å². The lowest BCUT2D eigenvalue weighted by atomic mass is 9.97. The van der Waals surface area contributed by atoms with E-state index >= 15 is 0 Å². The number of hydrogen-bond donors (Lipinski definition) is 2. The van der Waals surface area contributed by atoms with Crippen LogP contribution in [0.4, 0.5) is 21.8 Å². The molecule has 0 amide bonds. The molecule has 1 atom stereocenters. The molecule has 2 heterocycles. The maximum absolute atomic E-state index is 14.1. The fraction of sp³-hybridized carbons (Fsp3) is 0.0714. The molecule has 0 saturated heterocycles. The predicted octanol–water partition coefficient (Wildman–Crippen LogP) is 5.89. The second-order valence-electron chi connectivity index (χ2n) is 8.27. The molecule has 0 aliphatic rings. The summed E-state index contributed by atoms with van der Waals surface area (Å²) in [6, 6.07) is 22.5. The number of hydrogen-bond acceptors (Lipinski definition) is 5. The third-order valence-electron chi connectivity index (χ3n) is 5.93. The minimum Gasteiger partial charge on any atom is -0.371 e. The van der Waals surface area contributed by atoms with Crippen LogP contribution in [-0.4, -0.2) is 14.5 Å². The number of fused-ring (bicyclic) bond motifs is 1. The van der Waals surface area contributed by atoms with Crippen LogP contribution >= 0.6 is 0 Å². The third kappa shape index (κ3) is 4.14. The summed E-state index contributed by atoms with van der Waals surface area (Å²) in [6.07, 6.45) is 1.36. The first-order valence-corrected chi connectivity index (χ1v) is 11.2. The molecular formula is C28H21FN6O. The van der Waals surface area contributed by atoms with Gasteiger partial charge in [0.1, 0.15) is 11.6 Å². The highest BCUT2D eigenvalue weighted by molar-refractivity contribution is 5.96. The highest BCUT2D eigenvalue weighted by Gasteiger charge is 2.20. The maximum atomic E-state index is 14.1. The Morgan fingerprint density at radius 3 is 2.58 bits per heavy atom. The van der Waals surface area contributed by atoms with Crippen LogP contribution in [0.25, 0.3) is 32.4 Å². The lowest BCUT2D eigenvalue weighted by Gasteiger charge is -2.22. The Balaban J connectivity index is 1.75. The van der Waals surface area contributed by atoms with Crippen LogP contribution in [0, 0.1) is 12.4 Å². The first-order valence-electron chi connectivity index (χ1n) is 11.2. The Bertz CT molecular complexity index is 1690. The summed E-state index contributed by atoms with van der Waals surface area (Å²) >= 11 is 0. The number of anilines is 2. The predicted molar refractivity (Wildman–Crippen MR) is 140 cm³/mol. The fourth-order valence-corrected chi connectivity index (χ4v) is 4.30. The number of nitrogens with zero attached hydrogens (tertiary/aromatic N) is 4. The molecular weight excluding hydrogens is 455 g/mol. The van der Waals surface area contributed by atoms with Crippen molar-refractivity contribution in [3.05, 3.63) is 118 Å². The molecule has 3 N–H and O–H groups in total. The van der Waals surface area contributed by atoms with Crippen molar-refractivity contribution in [2.24, 2.45) is 0 Å². The van der Waals surface area contributed by atoms with Crippen molar-refractivity contribution in [1.29, 1.82) is 0 Å². The number of rotatable bonds is 5. The van der Waals surface area contributed by atoms with E-state index in [4.69, 9.17) is 12.3 Å². The summed E-state index contributed by atoms with van der Waals surface area (Å²) in [5, 5.41) is 4.42. The number of nitrogen functional groups attached to an aromatic ring is 1. The average molecular weight is 477 g/mol. The van der Waals surface area contributed by atoms with Gasteiger partial charge in [0.25, 0.3) is 5.56 Å². The summed E-state index contributed by atoms with van der Waals surface area (Å²) in [4.78, 5) is 25.6. The van der Waals surface area contributed by atoms with Gasteiger partial charge < -0.3 is 11.1 Å². The van der Waals surface area contributed by atoms with Gasteiger partial charge >= 0.3 is 0 Å². The zero-order valence-corrected chi connectivity index (χ0v) is 19.3. The van der Waals surface area contributed by atoms with E-state index in [1.807, 2.05) is 61.5 Å². The van der Waals surface area contributed by atoms with Gasteiger partial charge in [-0.25, -0.2) is 19.2 Å². The lowest BCUT2D eigenvalue weighted by molar-refractivity contribution is 0.628. The monoisotopic (exact) mass is 476 g/mol. The Morgan fingerprint density at radius 1 is 1.06 bits per heavy atom. The van der Waals surface area contributed by atoms with E-state index in [1.165, 1.54) is 18.3 Å². The van der Waals surface area contributed by atoms with E-state index in [0.29, 0.717) is 33.3 Å². The van der Waals surface area contributed by atoms with Gasteiger partial charge in [-0.3, -0.25) is 9.36 Å². The highest BCUT2D eigenvalue weighted by Crippen LogP contribution is 2.31. The van der Waals surface area contributed by atoms with Gasteiger partial charge in [-0.15, -0.1) is 0 Å². The molecule has 2 aromatic heterocycles. The number of para-hydroxylation sites is 1. The molecule has 0 saturated carbocycles. The molecule has 5 aromatic rings. The van der Waals surface area contributed by atoms with Gasteiger partial charge in [0.05, 0.1) is 18.0 Å². The van der Waals surface area contributed by atoms with Crippen LogP contribution in [-0.2, 0) is 0 Å². The SMILES string of the molecule is [C-]#[N+]c1cnc(N)nc1N[C@@H](C)c1cc2cccc(-c3cccc(F)c3)c2c(=O)n1-c1ccccc1. The Morgan fingerprint density at radius 2 is 1.83 bits per heavy atom. The highest BCUT2D eigenvalue weighted by atomic mass is 19.1. The summed E-state index contributed by atoms with van der Waals surface area (Å²) in [5.41, 5.74) is 8.33. The van der Waals surface area contributed by atoms with Crippen molar-refractivity contribution in [3.63, 3.8) is 0 Å². The molecule has 8 heteroatoms. The Hall–Kier alpha value is -5.03. The van der Waals surface area contributed by atoms with Gasteiger partial charge in [-0.05, 0) is 53.8 Å². The van der Waals surface area contributed by atoms with Gasteiger partial charge in [-0.1, -0.05) is 48.5 Å². The smallest absolute Gasteiger partial charge is 0.263 e. The quantitative estimate of drug-likeness (QED) is 0.309. The molecule has 0 aliphatic carbocycles. The molecule has 5 rings (SSSR count). The van der Waals surface area contributed by atoms with E-state index in [9.17, 15) is 9.18 Å². The molecule has 0 aliphatic heterocycles. The molecule has 36 heavy (non-hydrogen) atoms. The van der Waals surface area contributed by atoms with Crippen molar-refractivity contribution in [2.45, 2.75) is 13.0 Å². The number of aromatic nitrogens is 3. The van der Waals surface area contributed by atoms with Gasteiger partial charge in [0, 0.05) is 17.6 Å². The summed E-state index contributed by atoms with van der Waals surface area (Å²) in [7, 11) is 0. The van der Waals surface area contributed by atoms with E-state index in [2.05, 4.69) is 20.1 Å². The molecule has 0 fully saturated rings. The van der Waals surface area contributed by atoms with Crippen LogP contribution in [0.5, 0.6) is 0 Å². The molecule has 3 aromatic carbocycles. The minimum absolute atomic E-state index is 0.0378. The van der Waals surface area contributed by atoms with Gasteiger partial charge in [0.15, 0.2) is 0 Å². The fourth-order valence-electron chi connectivity index (χ4n) is 4.30. The molecule has 176 valence electrons. The van der Waals surface area contributed by atoms with Crippen molar-refractivity contribution in [2.75, 3.05) is 11.1 Å². The van der Waals surface area contributed by atoms with Gasteiger partial charge in [-0.2, -0.15) is 0 Å². The topological polar surface area (TPSA) is 90.2 Å². The number of benzene rings is 3. The summed E-state index contributed by atoms with van der Waals surface area (Å²) in [6.45, 7) is 9.30. The standard InChI is InChI=1S/C28H21FN6O/c1-17(33-26-23(31-2)16-32-28(30)34-26)24-15-19-9-7-13-22(18-8-6-10-20(29)14-18)25(19)27(36)35(24)21-11-4-3-5-12-21/h3-17H,1H3,(H3,30,32,33,34)/t17-/m0/s1. The Labute approximate surface area is 206 Å². The van der Waals surface area contributed by atoms with E-state index in [1.54, 1.807) is 16.7 Å². The van der Waals surface area contributed by atoms with Crippen molar-refractivity contribution in [3.8, 4) is 16.8 Å². The molecule has 0 bridgehead atoms. The van der Waals surface area contributed by atoms with Gasteiger partial charge in [0.2, 0.25) is 11.6 Å². The van der Waals surface area contributed by atoms with E-state index in [0.717, 1.165) is 0 Å². The molecule has 7 nitrogen and oxygen atoms in total. The first kappa shape index (κ1) is 22.7. The minimum atomic E-state index is -0.435. The van der Waals surface area contributed by atoms with Crippen LogP contribution < -0.4 is 16.6 Å². The van der Waals surface area contributed by atoms with Crippen LogP contribution in [0.15, 0.2) is 89.9 Å². The largest absolute Gasteiger partial charge is 0.371 e. The number of pyridine rings is 1. The normalized spacial score (nSPS) is 11.7. The number of nitrogens with two attached hydrogens (primary N) is 1. The number of halogens is 1. The lowest BCUT2D eigenvalue weighted by Crippen LogP contribution is -2.26. The zero-order valence-electron chi connectivity index (χ0n) is 19.3. The van der Waals surface area contributed by atoms with Crippen molar-refractivity contribution in [1.82, 2.24) is 14.5 Å². The maximum Gasteiger partial charge on any atom is 0.263 e. The molecule has 0 unspecified atom stereocenters. The second kappa shape index (κ2) is 9.31. The average Bonchev–Trinajstić information content (AvgIpc) is 2.89. The summed E-state index contributed by atoms with van der Waals surface area (Å²) in [5.74, 6) is -0.0523. The molecule has 0 spiro atoms. The second-order valence-corrected chi connectivity index (χ2v) is 8.27. The first-order chi connectivity index (χ1) is 17.5. The van der Waals surface area contributed by atoms with Crippen LogP contribution in [0.1, 0.15) is 18.7 Å². The zero-order chi connectivity index (χ0) is 25.2. The van der Waals surface area contributed by atoms with Crippen molar-refractivity contribution >= 4 is 28.2 Å². The molecule has 0 radical (unpaired) electrons. The van der Waals surface area contributed by atoms with E-state index < -0.39 is 6.04 Å². The number of nitrogens with one attached hydrogen (secondary N) is 1. The third-order valence-corrected chi connectivity index (χ3v) is 5.93. The summed E-state index contributed by atoms with van der Waals surface area (Å²) < 4.78 is 15.7.